The molecule has 16 heavy (non-hydrogen) atoms. The van der Waals surface area contributed by atoms with E-state index in [1.54, 1.807) is 0 Å². The Morgan fingerprint density at radius 3 is 2.75 bits per heavy atom. The van der Waals surface area contributed by atoms with E-state index in [2.05, 4.69) is 18.3 Å². The van der Waals surface area contributed by atoms with Crippen LogP contribution in [0.2, 0.25) is 10.0 Å². The minimum atomic E-state index is 0.638. The lowest BCUT2D eigenvalue weighted by molar-refractivity contribution is 0.535. The fourth-order valence-electron chi connectivity index (χ4n) is 2.52. The largest absolute Gasteiger partial charge is 0.314 e. The van der Waals surface area contributed by atoms with Gasteiger partial charge in [0.25, 0.3) is 0 Å². The molecule has 1 aromatic rings. The highest BCUT2D eigenvalue weighted by atomic mass is 35.5. The maximum Gasteiger partial charge on any atom is 0.0595 e. The van der Waals surface area contributed by atoms with Crippen molar-refractivity contribution in [1.82, 2.24) is 5.32 Å². The van der Waals surface area contributed by atoms with E-state index in [9.17, 15) is 0 Å². The Morgan fingerprint density at radius 2 is 2.06 bits per heavy atom. The first-order valence-corrected chi connectivity index (χ1v) is 6.64. The van der Waals surface area contributed by atoms with Crippen LogP contribution >= 0.6 is 23.2 Å². The highest BCUT2D eigenvalue weighted by molar-refractivity contribution is 6.42. The summed E-state index contributed by atoms with van der Waals surface area (Å²) in [5.74, 6) is 0.638. The summed E-state index contributed by atoms with van der Waals surface area (Å²) in [6.07, 6.45) is 3.72. The molecular weight excluding hydrogens is 241 g/mol. The van der Waals surface area contributed by atoms with Crippen LogP contribution < -0.4 is 5.32 Å². The number of nitrogens with one attached hydrogen (secondary N) is 1. The molecule has 0 aliphatic heterocycles. The molecule has 0 bridgehead atoms. The van der Waals surface area contributed by atoms with E-state index in [-0.39, 0.29) is 0 Å². The molecule has 1 aromatic carbocycles. The van der Waals surface area contributed by atoms with E-state index < -0.39 is 0 Å². The fourth-order valence-corrected chi connectivity index (χ4v) is 2.83. The van der Waals surface area contributed by atoms with Gasteiger partial charge in [-0.1, -0.05) is 36.2 Å². The van der Waals surface area contributed by atoms with Gasteiger partial charge in [0.1, 0.15) is 0 Å². The quantitative estimate of drug-likeness (QED) is 0.855. The highest BCUT2D eigenvalue weighted by Gasteiger charge is 2.25. The third-order valence-electron chi connectivity index (χ3n) is 3.34. The topological polar surface area (TPSA) is 12.0 Å². The van der Waals surface area contributed by atoms with Crippen molar-refractivity contribution in [3.05, 3.63) is 33.8 Å². The average molecular weight is 258 g/mol. The summed E-state index contributed by atoms with van der Waals surface area (Å²) >= 11 is 12.0. The molecule has 1 nitrogen and oxygen atoms in total. The van der Waals surface area contributed by atoms with Gasteiger partial charge in [-0.25, -0.2) is 0 Å². The first-order valence-electron chi connectivity index (χ1n) is 5.89. The molecule has 1 aliphatic rings. The van der Waals surface area contributed by atoms with Crippen molar-refractivity contribution in [3.63, 3.8) is 0 Å². The fraction of sp³-hybridized carbons (Fsp3) is 0.538. The Balaban J connectivity index is 2.05. The number of benzene rings is 1. The van der Waals surface area contributed by atoms with Crippen molar-refractivity contribution in [1.29, 1.82) is 0 Å². The lowest BCUT2D eigenvalue weighted by Crippen LogP contribution is -2.25. The molecular formula is C13H17Cl2N. The molecule has 3 heteroatoms. The van der Waals surface area contributed by atoms with Crippen molar-refractivity contribution < 1.29 is 0 Å². The summed E-state index contributed by atoms with van der Waals surface area (Å²) in [6, 6.07) is 6.69. The van der Waals surface area contributed by atoms with Gasteiger partial charge in [0.2, 0.25) is 0 Å². The zero-order chi connectivity index (χ0) is 11.5. The predicted octanol–water partition coefficient (Wildman–Crippen LogP) is 4.24. The Kier molecular flexibility index (Phi) is 4.12. The molecule has 0 radical (unpaired) electrons. The molecule has 2 unspecified atom stereocenters. The lowest BCUT2D eigenvalue weighted by Gasteiger charge is -2.13. The second-order valence-corrected chi connectivity index (χ2v) is 5.25. The van der Waals surface area contributed by atoms with E-state index in [1.165, 1.54) is 24.8 Å². The predicted molar refractivity (Wildman–Crippen MR) is 70.5 cm³/mol. The van der Waals surface area contributed by atoms with Crippen LogP contribution in [-0.2, 0) is 0 Å². The maximum absolute atomic E-state index is 6.04. The van der Waals surface area contributed by atoms with Crippen molar-refractivity contribution in [3.8, 4) is 0 Å². The van der Waals surface area contributed by atoms with Crippen molar-refractivity contribution in [2.45, 2.75) is 38.1 Å². The van der Waals surface area contributed by atoms with Crippen LogP contribution in [0.1, 0.15) is 37.7 Å². The SMILES string of the molecule is CCNC1CCC(c2ccc(Cl)c(Cl)c2)C1. The van der Waals surface area contributed by atoms with Crippen LogP contribution in [0.25, 0.3) is 0 Å². The van der Waals surface area contributed by atoms with Gasteiger partial charge in [0, 0.05) is 6.04 Å². The van der Waals surface area contributed by atoms with Crippen LogP contribution in [0.4, 0.5) is 0 Å². The minimum absolute atomic E-state index is 0.638. The molecule has 0 spiro atoms. The maximum atomic E-state index is 6.04. The average Bonchev–Trinajstić information content (AvgIpc) is 2.71. The summed E-state index contributed by atoms with van der Waals surface area (Å²) < 4.78 is 0. The molecule has 2 atom stereocenters. The van der Waals surface area contributed by atoms with E-state index in [4.69, 9.17) is 23.2 Å². The summed E-state index contributed by atoms with van der Waals surface area (Å²) in [6.45, 7) is 3.21. The van der Waals surface area contributed by atoms with E-state index in [0.717, 1.165) is 6.54 Å². The van der Waals surface area contributed by atoms with Gasteiger partial charge < -0.3 is 5.32 Å². The number of rotatable bonds is 3. The summed E-state index contributed by atoms with van der Waals surface area (Å²) in [4.78, 5) is 0. The highest BCUT2D eigenvalue weighted by Crippen LogP contribution is 2.36. The van der Waals surface area contributed by atoms with Crippen molar-refractivity contribution >= 4 is 23.2 Å². The standard InChI is InChI=1S/C13H17Cl2N/c1-2-16-11-5-3-9(7-11)10-4-6-12(14)13(15)8-10/h4,6,8-9,11,16H,2-3,5,7H2,1H3. The zero-order valence-corrected chi connectivity index (χ0v) is 11.0. The second-order valence-electron chi connectivity index (χ2n) is 4.44. The van der Waals surface area contributed by atoms with Crippen LogP contribution in [0.3, 0.4) is 0 Å². The molecule has 0 saturated heterocycles. The monoisotopic (exact) mass is 257 g/mol. The zero-order valence-electron chi connectivity index (χ0n) is 9.47. The molecule has 88 valence electrons. The van der Waals surface area contributed by atoms with Gasteiger partial charge in [0.15, 0.2) is 0 Å². The Morgan fingerprint density at radius 1 is 1.25 bits per heavy atom. The number of hydrogen-bond acceptors (Lipinski definition) is 1. The smallest absolute Gasteiger partial charge is 0.0595 e. The Bertz CT molecular complexity index is 365. The second kappa shape index (κ2) is 5.39. The molecule has 0 aromatic heterocycles. The van der Waals surface area contributed by atoms with Crippen LogP contribution in [0, 0.1) is 0 Å². The normalized spacial score (nSPS) is 24.9. The third kappa shape index (κ3) is 2.71. The lowest BCUT2D eigenvalue weighted by atomic mass is 9.97. The van der Waals surface area contributed by atoms with Gasteiger partial charge in [-0.05, 0) is 49.4 Å². The van der Waals surface area contributed by atoms with Gasteiger partial charge in [0.05, 0.1) is 10.0 Å². The Hall–Kier alpha value is -0.240. The van der Waals surface area contributed by atoms with Gasteiger partial charge in [-0.3, -0.25) is 0 Å². The van der Waals surface area contributed by atoms with Gasteiger partial charge >= 0.3 is 0 Å². The molecule has 1 N–H and O–H groups in total. The van der Waals surface area contributed by atoms with Crippen LogP contribution in [-0.4, -0.2) is 12.6 Å². The number of halogens is 2. The minimum Gasteiger partial charge on any atom is -0.314 e. The molecule has 1 saturated carbocycles. The van der Waals surface area contributed by atoms with E-state index in [0.29, 0.717) is 22.0 Å². The summed E-state index contributed by atoms with van der Waals surface area (Å²) in [7, 11) is 0. The first kappa shape index (κ1) is 12.2. The molecule has 1 fully saturated rings. The van der Waals surface area contributed by atoms with Crippen LogP contribution in [0.15, 0.2) is 18.2 Å². The molecule has 1 aliphatic carbocycles. The van der Waals surface area contributed by atoms with Gasteiger partial charge in [-0.15, -0.1) is 0 Å². The third-order valence-corrected chi connectivity index (χ3v) is 4.08. The molecule has 0 amide bonds. The Labute approximate surface area is 107 Å². The van der Waals surface area contributed by atoms with Gasteiger partial charge in [-0.2, -0.15) is 0 Å². The van der Waals surface area contributed by atoms with Crippen molar-refractivity contribution in [2.75, 3.05) is 6.54 Å². The van der Waals surface area contributed by atoms with E-state index in [1.807, 2.05) is 12.1 Å². The summed E-state index contributed by atoms with van der Waals surface area (Å²) in [5.41, 5.74) is 1.33. The molecule has 0 heterocycles. The first-order chi connectivity index (χ1) is 7.70. The summed E-state index contributed by atoms with van der Waals surface area (Å²) in [5, 5.41) is 4.83. The number of hydrogen-bond donors (Lipinski definition) is 1. The van der Waals surface area contributed by atoms with E-state index >= 15 is 0 Å². The molecule has 2 rings (SSSR count). The van der Waals surface area contributed by atoms with Crippen LogP contribution in [0.5, 0.6) is 0 Å². The van der Waals surface area contributed by atoms with Crippen molar-refractivity contribution in [2.24, 2.45) is 0 Å².